The van der Waals surface area contributed by atoms with Gasteiger partial charge in [0.15, 0.2) is 5.82 Å². The molecule has 0 aliphatic carbocycles. The van der Waals surface area contributed by atoms with E-state index < -0.39 is 6.10 Å². The van der Waals surface area contributed by atoms with E-state index in [4.69, 9.17) is 4.74 Å². The third-order valence-electron chi connectivity index (χ3n) is 4.21. The van der Waals surface area contributed by atoms with Crippen LogP contribution >= 0.6 is 24.8 Å². The lowest BCUT2D eigenvalue weighted by molar-refractivity contribution is 0.0928. The highest BCUT2D eigenvalue weighted by molar-refractivity contribution is 5.85. The van der Waals surface area contributed by atoms with E-state index in [0.717, 1.165) is 42.6 Å². The lowest BCUT2D eigenvalue weighted by atomic mass is 10.3. The Morgan fingerprint density at radius 2 is 2.04 bits per heavy atom. The van der Waals surface area contributed by atoms with Gasteiger partial charge in [-0.15, -0.1) is 24.8 Å². The summed E-state index contributed by atoms with van der Waals surface area (Å²) in [5.41, 5.74) is 1.99. The molecule has 27 heavy (non-hydrogen) atoms. The van der Waals surface area contributed by atoms with Crippen LogP contribution in [0.1, 0.15) is 5.69 Å². The molecule has 1 aliphatic heterocycles. The molecule has 2 aromatic heterocycles. The number of nitrogens with zero attached hydrogens (tertiary/aromatic N) is 4. The number of ether oxygens (including phenoxy) is 1. The maximum Gasteiger partial charge on any atom is 0.160 e. The maximum absolute atomic E-state index is 10.3. The lowest BCUT2D eigenvalue weighted by Crippen LogP contribution is -2.28. The van der Waals surface area contributed by atoms with Crippen LogP contribution in [0.3, 0.4) is 0 Å². The van der Waals surface area contributed by atoms with E-state index in [1.165, 1.54) is 0 Å². The Labute approximate surface area is 170 Å². The summed E-state index contributed by atoms with van der Waals surface area (Å²) >= 11 is 0. The number of nitrogens with one attached hydrogen (secondary N) is 1. The fourth-order valence-corrected chi connectivity index (χ4v) is 2.98. The number of halogens is 2. The molecule has 1 unspecified atom stereocenters. The molecular formula is C18H23Cl2N5O2. The Kier molecular flexibility index (Phi) is 7.67. The largest absolute Gasteiger partial charge is 0.491 e. The molecule has 2 N–H and O–H groups in total. The number of aliphatic hydroxyl groups is 1. The van der Waals surface area contributed by atoms with Crippen molar-refractivity contribution in [3.05, 3.63) is 54.5 Å². The van der Waals surface area contributed by atoms with Gasteiger partial charge < -0.3 is 19.7 Å². The van der Waals surface area contributed by atoms with E-state index in [0.29, 0.717) is 6.54 Å². The average Bonchev–Trinajstić information content (AvgIpc) is 3.27. The molecule has 0 saturated heterocycles. The summed E-state index contributed by atoms with van der Waals surface area (Å²) in [6.45, 7) is 3.25. The number of rotatable bonds is 6. The maximum atomic E-state index is 10.3. The van der Waals surface area contributed by atoms with Gasteiger partial charge in [0.2, 0.25) is 0 Å². The molecule has 9 heteroatoms. The summed E-state index contributed by atoms with van der Waals surface area (Å²) in [6, 6.07) is 11.5. The van der Waals surface area contributed by atoms with Gasteiger partial charge in [-0.1, -0.05) is 18.2 Å². The van der Waals surface area contributed by atoms with E-state index in [1.807, 2.05) is 45.8 Å². The first kappa shape index (κ1) is 21.2. The van der Waals surface area contributed by atoms with Crippen LogP contribution in [0.15, 0.2) is 48.8 Å². The van der Waals surface area contributed by atoms with Crippen molar-refractivity contribution in [3.8, 4) is 17.3 Å². The van der Waals surface area contributed by atoms with Gasteiger partial charge in [-0.25, -0.2) is 4.98 Å². The number of para-hydroxylation sites is 1. The van der Waals surface area contributed by atoms with Crippen molar-refractivity contribution in [1.29, 1.82) is 0 Å². The van der Waals surface area contributed by atoms with Crippen molar-refractivity contribution in [3.63, 3.8) is 0 Å². The van der Waals surface area contributed by atoms with Gasteiger partial charge in [0.05, 0.1) is 18.8 Å². The molecular weight excluding hydrogens is 389 g/mol. The van der Waals surface area contributed by atoms with Crippen LogP contribution in [-0.4, -0.2) is 43.7 Å². The molecule has 146 valence electrons. The Morgan fingerprint density at radius 1 is 1.22 bits per heavy atom. The number of imidazole rings is 1. The van der Waals surface area contributed by atoms with Gasteiger partial charge in [-0.05, 0) is 18.2 Å². The number of fused-ring (bicyclic) bond motifs is 1. The molecule has 0 amide bonds. The van der Waals surface area contributed by atoms with Gasteiger partial charge in [-0.2, -0.15) is 5.10 Å². The van der Waals surface area contributed by atoms with Crippen LogP contribution in [0.25, 0.3) is 11.5 Å². The highest BCUT2D eigenvalue weighted by atomic mass is 35.5. The number of aromatic nitrogens is 4. The lowest BCUT2D eigenvalue weighted by Gasteiger charge is -2.14. The minimum Gasteiger partial charge on any atom is -0.491 e. The first-order valence-corrected chi connectivity index (χ1v) is 8.44. The van der Waals surface area contributed by atoms with Gasteiger partial charge in [0.25, 0.3) is 0 Å². The first-order valence-electron chi connectivity index (χ1n) is 8.44. The van der Waals surface area contributed by atoms with Crippen LogP contribution in [0.4, 0.5) is 0 Å². The molecule has 1 aliphatic rings. The van der Waals surface area contributed by atoms with Crippen LogP contribution in [0, 0.1) is 0 Å². The second kappa shape index (κ2) is 9.75. The summed E-state index contributed by atoms with van der Waals surface area (Å²) in [6.07, 6.45) is 2.96. The van der Waals surface area contributed by atoms with E-state index in [1.54, 1.807) is 6.20 Å². The normalized spacial score (nSPS) is 13.8. The van der Waals surface area contributed by atoms with E-state index >= 15 is 0 Å². The molecule has 7 nitrogen and oxygen atoms in total. The van der Waals surface area contributed by atoms with Gasteiger partial charge >= 0.3 is 0 Å². The topological polar surface area (TPSA) is 77.1 Å². The van der Waals surface area contributed by atoms with Crippen molar-refractivity contribution < 1.29 is 9.84 Å². The molecule has 0 spiro atoms. The smallest absolute Gasteiger partial charge is 0.160 e. The van der Waals surface area contributed by atoms with Crippen LogP contribution < -0.4 is 10.1 Å². The summed E-state index contributed by atoms with van der Waals surface area (Å²) in [5, 5.41) is 18.3. The van der Waals surface area contributed by atoms with Crippen molar-refractivity contribution >= 4 is 24.8 Å². The molecule has 3 heterocycles. The zero-order chi connectivity index (χ0) is 17.1. The Morgan fingerprint density at radius 3 is 2.81 bits per heavy atom. The fourth-order valence-electron chi connectivity index (χ4n) is 2.98. The van der Waals surface area contributed by atoms with Crippen molar-refractivity contribution in [1.82, 2.24) is 24.6 Å². The van der Waals surface area contributed by atoms with Crippen LogP contribution in [0.5, 0.6) is 5.75 Å². The highest BCUT2D eigenvalue weighted by Gasteiger charge is 2.17. The number of hydrogen-bond acceptors (Lipinski definition) is 5. The van der Waals surface area contributed by atoms with Gasteiger partial charge in [0.1, 0.15) is 24.2 Å². The van der Waals surface area contributed by atoms with E-state index in [9.17, 15) is 5.11 Å². The molecule has 4 rings (SSSR count). The number of benzene rings is 1. The third-order valence-corrected chi connectivity index (χ3v) is 4.21. The second-order valence-corrected chi connectivity index (χ2v) is 6.10. The summed E-state index contributed by atoms with van der Waals surface area (Å²) in [5.74, 6) is 1.52. The summed E-state index contributed by atoms with van der Waals surface area (Å²) < 4.78 is 9.55. The van der Waals surface area contributed by atoms with Gasteiger partial charge in [0, 0.05) is 25.5 Å². The summed E-state index contributed by atoms with van der Waals surface area (Å²) in [7, 11) is 0. The molecule has 0 radical (unpaired) electrons. The molecule has 1 aromatic carbocycles. The Balaban J connectivity index is 0.00000131. The highest BCUT2D eigenvalue weighted by Crippen LogP contribution is 2.19. The molecule has 0 saturated carbocycles. The Hall–Kier alpha value is -2.06. The molecule has 3 aromatic rings. The molecule has 1 atom stereocenters. The van der Waals surface area contributed by atoms with Crippen LogP contribution in [-0.2, 0) is 19.6 Å². The fraction of sp³-hybridized carbons (Fsp3) is 0.333. The molecule has 0 fully saturated rings. The van der Waals surface area contributed by atoms with Crippen molar-refractivity contribution in [2.24, 2.45) is 0 Å². The van der Waals surface area contributed by atoms with Crippen molar-refractivity contribution in [2.75, 3.05) is 13.2 Å². The quantitative estimate of drug-likeness (QED) is 0.649. The second-order valence-electron chi connectivity index (χ2n) is 6.10. The standard InChI is InChI=1S/C18H21N5O2.2ClH/c24-15(13-25-16-4-2-1-3-5-16)12-22-8-7-20-18(22)17-10-14-11-19-6-9-23(14)21-17;;/h1-5,7-8,10,15,19,24H,6,9,11-13H2;2*1H. The van der Waals surface area contributed by atoms with Crippen LogP contribution in [0.2, 0.25) is 0 Å². The third kappa shape index (κ3) is 5.01. The zero-order valence-corrected chi connectivity index (χ0v) is 16.3. The number of hydrogen-bond donors (Lipinski definition) is 2. The SMILES string of the molecule is Cl.Cl.OC(COc1ccccc1)Cn1ccnc1-c1cc2n(n1)CCNC2. The summed E-state index contributed by atoms with van der Waals surface area (Å²) in [4.78, 5) is 4.42. The zero-order valence-electron chi connectivity index (χ0n) is 14.7. The average molecular weight is 412 g/mol. The Bertz CT molecular complexity index is 814. The van der Waals surface area contributed by atoms with Crippen molar-refractivity contribution in [2.45, 2.75) is 25.7 Å². The predicted octanol–water partition coefficient (Wildman–Crippen LogP) is 2.13. The monoisotopic (exact) mass is 411 g/mol. The minimum absolute atomic E-state index is 0. The van der Waals surface area contributed by atoms with E-state index in [2.05, 4.69) is 21.5 Å². The van der Waals surface area contributed by atoms with E-state index in [-0.39, 0.29) is 31.4 Å². The molecule has 0 bridgehead atoms. The first-order chi connectivity index (χ1) is 12.3. The predicted molar refractivity (Wildman–Crippen MR) is 108 cm³/mol. The number of aliphatic hydroxyl groups excluding tert-OH is 1. The minimum atomic E-state index is -0.632. The van der Waals surface area contributed by atoms with Gasteiger partial charge in [-0.3, -0.25) is 4.68 Å².